The molecule has 0 spiro atoms. The minimum atomic E-state index is -0.876. The number of carboxylic acid groups (broad SMARTS) is 1. The second-order valence-electron chi connectivity index (χ2n) is 2.52. The number of carbonyl (C=O) groups is 1. The highest BCUT2D eigenvalue weighted by Crippen LogP contribution is 2.07. The zero-order valence-corrected chi connectivity index (χ0v) is 5.58. The van der Waals surface area contributed by atoms with Crippen LogP contribution < -0.4 is 5.32 Å². The van der Waals surface area contributed by atoms with E-state index in [1.165, 1.54) is 0 Å². The first-order valence-electron chi connectivity index (χ1n) is 3.34. The molecule has 0 radical (unpaired) electrons. The molecule has 1 aliphatic rings. The average Bonchev–Trinajstić information content (AvgIpc) is 1.88. The van der Waals surface area contributed by atoms with Crippen molar-refractivity contribution in [1.29, 1.82) is 0 Å². The molecule has 0 bridgehead atoms. The van der Waals surface area contributed by atoms with Crippen LogP contribution in [0.25, 0.3) is 0 Å². The largest absolute Gasteiger partial charge is 0.480 e. The molecule has 0 amide bonds. The van der Waals surface area contributed by atoms with Crippen molar-refractivity contribution in [2.24, 2.45) is 0 Å². The molecular weight excluding hydrogens is 134 g/mol. The van der Waals surface area contributed by atoms with Crippen molar-refractivity contribution in [3.63, 3.8) is 0 Å². The topological polar surface area (TPSA) is 69.6 Å². The average molecular weight is 145 g/mol. The van der Waals surface area contributed by atoms with Crippen LogP contribution in [0.15, 0.2) is 0 Å². The summed E-state index contributed by atoms with van der Waals surface area (Å²) < 4.78 is 0. The molecular formula is C6H11NO3. The van der Waals surface area contributed by atoms with Gasteiger partial charge < -0.3 is 15.5 Å². The molecule has 0 aliphatic carbocycles. The zero-order chi connectivity index (χ0) is 7.56. The van der Waals surface area contributed by atoms with Gasteiger partial charge >= 0.3 is 5.97 Å². The van der Waals surface area contributed by atoms with Gasteiger partial charge in [-0.2, -0.15) is 0 Å². The molecule has 0 saturated carbocycles. The molecule has 1 fully saturated rings. The smallest absolute Gasteiger partial charge is 0.320 e. The molecule has 1 aliphatic heterocycles. The fourth-order valence-corrected chi connectivity index (χ4v) is 1.09. The molecule has 0 unspecified atom stereocenters. The summed E-state index contributed by atoms with van der Waals surface area (Å²) in [6.45, 7) is 0.595. The summed E-state index contributed by atoms with van der Waals surface area (Å²) >= 11 is 0. The molecule has 58 valence electrons. The normalized spacial score (nSPS) is 33.7. The summed E-state index contributed by atoms with van der Waals surface area (Å²) in [6.07, 6.45) is 0.543. The Balaban J connectivity index is 2.39. The fourth-order valence-electron chi connectivity index (χ4n) is 1.09. The van der Waals surface area contributed by atoms with Gasteiger partial charge in [0, 0.05) is 0 Å². The summed E-state index contributed by atoms with van der Waals surface area (Å²) in [6, 6.07) is -0.552. The number of aliphatic hydroxyl groups excluding tert-OH is 1. The van der Waals surface area contributed by atoms with E-state index >= 15 is 0 Å². The maximum atomic E-state index is 10.3. The third-order valence-corrected chi connectivity index (χ3v) is 1.67. The van der Waals surface area contributed by atoms with E-state index in [1.807, 2.05) is 0 Å². The Morgan fingerprint density at radius 3 is 2.70 bits per heavy atom. The lowest BCUT2D eigenvalue weighted by atomic mass is 10.0. The third kappa shape index (κ3) is 1.68. The molecule has 0 aromatic rings. The van der Waals surface area contributed by atoms with Crippen LogP contribution in [-0.2, 0) is 4.79 Å². The van der Waals surface area contributed by atoms with E-state index in [2.05, 4.69) is 5.32 Å². The van der Waals surface area contributed by atoms with E-state index in [-0.39, 0.29) is 0 Å². The fraction of sp³-hybridized carbons (Fsp3) is 0.833. The van der Waals surface area contributed by atoms with Crippen molar-refractivity contribution in [3.05, 3.63) is 0 Å². The van der Waals surface area contributed by atoms with Gasteiger partial charge in [-0.15, -0.1) is 0 Å². The molecule has 0 aromatic heterocycles. The zero-order valence-electron chi connectivity index (χ0n) is 5.58. The van der Waals surface area contributed by atoms with E-state index in [4.69, 9.17) is 10.2 Å². The number of rotatable bonds is 1. The lowest BCUT2D eigenvalue weighted by molar-refractivity contribution is -0.141. The minimum absolute atomic E-state index is 0.329. The van der Waals surface area contributed by atoms with E-state index in [0.717, 1.165) is 0 Å². The van der Waals surface area contributed by atoms with E-state index in [9.17, 15) is 4.79 Å². The Bertz CT molecular complexity index is 137. The Labute approximate surface area is 58.9 Å². The highest BCUT2D eigenvalue weighted by atomic mass is 16.4. The number of carboxylic acids is 1. The van der Waals surface area contributed by atoms with Crippen LogP contribution in [0.3, 0.4) is 0 Å². The monoisotopic (exact) mass is 145 g/mol. The lowest BCUT2D eigenvalue weighted by Gasteiger charge is -2.23. The number of aliphatic hydroxyl groups is 1. The highest BCUT2D eigenvalue weighted by molar-refractivity contribution is 5.73. The minimum Gasteiger partial charge on any atom is -0.480 e. The molecule has 0 aromatic carbocycles. The molecule has 1 heterocycles. The van der Waals surface area contributed by atoms with E-state index in [1.54, 1.807) is 0 Å². The van der Waals surface area contributed by atoms with Gasteiger partial charge in [-0.1, -0.05) is 0 Å². The molecule has 1 saturated heterocycles. The molecule has 4 nitrogen and oxygen atoms in total. The van der Waals surface area contributed by atoms with Gasteiger partial charge in [-0.05, 0) is 19.4 Å². The quantitative estimate of drug-likeness (QED) is 0.451. The van der Waals surface area contributed by atoms with Crippen molar-refractivity contribution >= 4 is 5.97 Å². The number of piperidine rings is 1. The summed E-state index contributed by atoms with van der Waals surface area (Å²) in [5.74, 6) is -0.876. The van der Waals surface area contributed by atoms with Crippen LogP contribution >= 0.6 is 0 Å². The number of nitrogens with one attached hydrogen (secondary N) is 1. The van der Waals surface area contributed by atoms with Crippen LogP contribution in [0.5, 0.6) is 0 Å². The van der Waals surface area contributed by atoms with Gasteiger partial charge in [-0.3, -0.25) is 4.79 Å². The SMILES string of the molecule is O=C(O)[C@H]1C[C@H](O)CCN1. The molecule has 4 heteroatoms. The molecule has 3 N–H and O–H groups in total. The Kier molecular flexibility index (Phi) is 2.24. The molecule has 1 rings (SSSR count). The van der Waals surface area contributed by atoms with Crippen LogP contribution in [0.2, 0.25) is 0 Å². The number of hydrogen-bond donors (Lipinski definition) is 3. The van der Waals surface area contributed by atoms with Crippen molar-refractivity contribution in [3.8, 4) is 0 Å². The Morgan fingerprint density at radius 1 is 1.60 bits per heavy atom. The number of aliphatic carboxylic acids is 1. The maximum Gasteiger partial charge on any atom is 0.320 e. The molecule has 10 heavy (non-hydrogen) atoms. The van der Waals surface area contributed by atoms with Crippen molar-refractivity contribution in [2.45, 2.75) is 25.0 Å². The van der Waals surface area contributed by atoms with Gasteiger partial charge in [-0.25, -0.2) is 0 Å². The van der Waals surface area contributed by atoms with Crippen LogP contribution in [0.1, 0.15) is 12.8 Å². The van der Waals surface area contributed by atoms with Crippen molar-refractivity contribution in [1.82, 2.24) is 5.32 Å². The van der Waals surface area contributed by atoms with Gasteiger partial charge in [0.25, 0.3) is 0 Å². The second kappa shape index (κ2) is 2.98. The molecule has 2 atom stereocenters. The summed E-state index contributed by atoms with van der Waals surface area (Å²) in [5, 5.41) is 20.3. The van der Waals surface area contributed by atoms with Crippen molar-refractivity contribution < 1.29 is 15.0 Å². The Hall–Kier alpha value is -0.610. The maximum absolute atomic E-state index is 10.3. The lowest BCUT2D eigenvalue weighted by Crippen LogP contribution is -2.45. The summed E-state index contributed by atoms with van der Waals surface area (Å²) in [4.78, 5) is 10.3. The predicted molar refractivity (Wildman–Crippen MR) is 34.7 cm³/mol. The van der Waals surface area contributed by atoms with Crippen LogP contribution in [0, 0.1) is 0 Å². The van der Waals surface area contributed by atoms with Gasteiger partial charge in [0.15, 0.2) is 0 Å². The van der Waals surface area contributed by atoms with E-state index in [0.29, 0.717) is 19.4 Å². The summed E-state index contributed by atoms with van der Waals surface area (Å²) in [7, 11) is 0. The first-order chi connectivity index (χ1) is 4.70. The summed E-state index contributed by atoms with van der Waals surface area (Å²) in [5.41, 5.74) is 0. The van der Waals surface area contributed by atoms with Gasteiger partial charge in [0.2, 0.25) is 0 Å². The first-order valence-corrected chi connectivity index (χ1v) is 3.34. The highest BCUT2D eigenvalue weighted by Gasteiger charge is 2.24. The van der Waals surface area contributed by atoms with Crippen LogP contribution in [-0.4, -0.2) is 34.9 Å². The predicted octanol–water partition coefficient (Wildman–Crippen LogP) is -0.816. The first kappa shape index (κ1) is 7.50. The standard InChI is InChI=1S/C6H11NO3/c8-4-1-2-7-5(3-4)6(9)10/h4-5,7-8H,1-3H2,(H,9,10)/t4-,5-/m1/s1. The van der Waals surface area contributed by atoms with Crippen LogP contribution in [0.4, 0.5) is 0 Å². The van der Waals surface area contributed by atoms with Gasteiger partial charge in [0.1, 0.15) is 6.04 Å². The second-order valence-corrected chi connectivity index (χ2v) is 2.52. The number of hydrogen-bond acceptors (Lipinski definition) is 3. The van der Waals surface area contributed by atoms with Crippen molar-refractivity contribution in [2.75, 3.05) is 6.54 Å². The third-order valence-electron chi connectivity index (χ3n) is 1.67. The van der Waals surface area contributed by atoms with E-state index < -0.39 is 18.1 Å². The Morgan fingerprint density at radius 2 is 2.30 bits per heavy atom. The van der Waals surface area contributed by atoms with Gasteiger partial charge in [0.05, 0.1) is 6.10 Å².